The van der Waals surface area contributed by atoms with Crippen molar-refractivity contribution >= 4 is 16.6 Å². The summed E-state index contributed by atoms with van der Waals surface area (Å²) >= 11 is 0. The smallest absolute Gasteiger partial charge is 0.0834 e. The molecule has 1 aromatic carbocycles. The highest BCUT2D eigenvalue weighted by molar-refractivity contribution is 5.91. The number of aromatic nitrogens is 1. The van der Waals surface area contributed by atoms with Crippen LogP contribution in [-0.4, -0.2) is 29.8 Å². The molecule has 1 saturated heterocycles. The molecule has 2 aromatic rings. The summed E-state index contributed by atoms with van der Waals surface area (Å²) in [6.45, 7) is 2.89. The number of hydrogen-bond donors (Lipinski definition) is 2. The Morgan fingerprint density at radius 1 is 1.33 bits per heavy atom. The maximum atomic E-state index is 6.35. The van der Waals surface area contributed by atoms with Crippen molar-refractivity contribution in [3.8, 4) is 0 Å². The average Bonchev–Trinajstić information content (AvgIpc) is 2.51. The standard InChI is InChI=1S/C17H21N3O/c1-10-9-14(11-5-2-3-7-13(11)19-10)20-16-15(18)12-6-4-8-21-17(12)16/h2-3,5,7,9,12,15-17H,4,6,8,18H2,1H3,(H,19,20). The molecule has 2 aliphatic rings. The van der Waals surface area contributed by atoms with E-state index >= 15 is 0 Å². The van der Waals surface area contributed by atoms with Gasteiger partial charge in [-0.1, -0.05) is 18.2 Å². The summed E-state index contributed by atoms with van der Waals surface area (Å²) in [6, 6.07) is 10.7. The zero-order valence-electron chi connectivity index (χ0n) is 12.3. The van der Waals surface area contributed by atoms with Crippen molar-refractivity contribution in [2.75, 3.05) is 11.9 Å². The van der Waals surface area contributed by atoms with Gasteiger partial charge in [0.2, 0.25) is 0 Å². The molecule has 0 radical (unpaired) electrons. The lowest BCUT2D eigenvalue weighted by Gasteiger charge is -2.52. The number of para-hydroxylation sites is 1. The number of rotatable bonds is 2. The number of nitrogens with one attached hydrogen (secondary N) is 1. The average molecular weight is 283 g/mol. The summed E-state index contributed by atoms with van der Waals surface area (Å²) < 4.78 is 5.92. The van der Waals surface area contributed by atoms with Gasteiger partial charge in [-0.15, -0.1) is 0 Å². The van der Waals surface area contributed by atoms with Gasteiger partial charge in [-0.2, -0.15) is 0 Å². The number of anilines is 1. The maximum absolute atomic E-state index is 6.35. The molecule has 4 atom stereocenters. The number of benzene rings is 1. The van der Waals surface area contributed by atoms with E-state index < -0.39 is 0 Å². The van der Waals surface area contributed by atoms with E-state index in [0.717, 1.165) is 35.3 Å². The zero-order chi connectivity index (χ0) is 14.4. The normalized spacial score (nSPS) is 31.5. The first-order valence-electron chi connectivity index (χ1n) is 7.74. The number of nitrogens with zero attached hydrogens (tertiary/aromatic N) is 1. The summed E-state index contributed by atoms with van der Waals surface area (Å²) in [6.07, 6.45) is 2.60. The van der Waals surface area contributed by atoms with Crippen molar-refractivity contribution in [1.29, 1.82) is 0 Å². The van der Waals surface area contributed by atoms with Gasteiger partial charge in [-0.3, -0.25) is 4.98 Å². The third-order valence-corrected chi connectivity index (χ3v) is 4.84. The summed E-state index contributed by atoms with van der Waals surface area (Å²) in [4.78, 5) is 4.59. The number of aryl methyl sites for hydroxylation is 1. The van der Waals surface area contributed by atoms with E-state index in [2.05, 4.69) is 22.4 Å². The van der Waals surface area contributed by atoms with Crippen molar-refractivity contribution in [2.24, 2.45) is 11.7 Å². The van der Waals surface area contributed by atoms with Crippen LogP contribution in [-0.2, 0) is 4.74 Å². The Kier molecular flexibility index (Phi) is 3.08. The van der Waals surface area contributed by atoms with Gasteiger partial charge in [0.1, 0.15) is 0 Å². The molecular formula is C17H21N3O. The fraction of sp³-hybridized carbons (Fsp3) is 0.471. The van der Waals surface area contributed by atoms with Crippen LogP contribution in [0.25, 0.3) is 10.9 Å². The van der Waals surface area contributed by atoms with Gasteiger partial charge in [0.25, 0.3) is 0 Å². The molecular weight excluding hydrogens is 262 g/mol. The number of ether oxygens (including phenoxy) is 1. The van der Waals surface area contributed by atoms with Crippen molar-refractivity contribution < 1.29 is 4.74 Å². The van der Waals surface area contributed by atoms with Gasteiger partial charge in [0.15, 0.2) is 0 Å². The first kappa shape index (κ1) is 13.0. The Labute approximate surface area is 124 Å². The van der Waals surface area contributed by atoms with E-state index in [4.69, 9.17) is 10.5 Å². The predicted molar refractivity (Wildman–Crippen MR) is 84.3 cm³/mol. The summed E-state index contributed by atoms with van der Waals surface area (Å²) in [7, 11) is 0. The third kappa shape index (κ3) is 2.10. The Balaban J connectivity index is 1.65. The minimum absolute atomic E-state index is 0.183. The molecule has 0 bridgehead atoms. The van der Waals surface area contributed by atoms with Crippen molar-refractivity contribution in [3.05, 3.63) is 36.0 Å². The molecule has 4 nitrogen and oxygen atoms in total. The SMILES string of the molecule is Cc1cc(NC2C(N)C3CCCOC32)c2ccccc2n1. The minimum Gasteiger partial charge on any atom is -0.377 e. The highest BCUT2D eigenvalue weighted by Gasteiger charge is 2.50. The van der Waals surface area contributed by atoms with Crippen LogP contribution in [0.2, 0.25) is 0 Å². The van der Waals surface area contributed by atoms with E-state index in [0.29, 0.717) is 5.92 Å². The molecule has 1 aromatic heterocycles. The number of nitrogens with two attached hydrogens (primary N) is 1. The fourth-order valence-electron chi connectivity index (χ4n) is 3.73. The van der Waals surface area contributed by atoms with Crippen LogP contribution in [0.4, 0.5) is 5.69 Å². The first-order chi connectivity index (χ1) is 10.2. The molecule has 3 N–H and O–H groups in total. The van der Waals surface area contributed by atoms with Crippen LogP contribution in [0.3, 0.4) is 0 Å². The van der Waals surface area contributed by atoms with E-state index in [1.54, 1.807) is 0 Å². The molecule has 0 amide bonds. The van der Waals surface area contributed by atoms with Gasteiger partial charge < -0.3 is 15.8 Å². The zero-order valence-corrected chi connectivity index (χ0v) is 12.3. The minimum atomic E-state index is 0.183. The lowest BCUT2D eigenvalue weighted by molar-refractivity contribution is -0.104. The molecule has 4 unspecified atom stereocenters. The monoisotopic (exact) mass is 283 g/mol. The largest absolute Gasteiger partial charge is 0.377 e. The maximum Gasteiger partial charge on any atom is 0.0834 e. The van der Waals surface area contributed by atoms with Gasteiger partial charge in [0, 0.05) is 35.3 Å². The highest BCUT2D eigenvalue weighted by Crippen LogP contribution is 2.39. The second-order valence-corrected chi connectivity index (χ2v) is 6.22. The Morgan fingerprint density at radius 3 is 3.10 bits per heavy atom. The molecule has 2 fully saturated rings. The Bertz CT molecular complexity index is 672. The molecule has 4 heteroatoms. The van der Waals surface area contributed by atoms with Gasteiger partial charge in [-0.25, -0.2) is 0 Å². The van der Waals surface area contributed by atoms with Gasteiger partial charge >= 0.3 is 0 Å². The van der Waals surface area contributed by atoms with Crippen LogP contribution < -0.4 is 11.1 Å². The molecule has 1 aliphatic carbocycles. The van der Waals surface area contributed by atoms with Gasteiger partial charge in [0.05, 0.1) is 17.7 Å². The van der Waals surface area contributed by atoms with Crippen LogP contribution in [0.1, 0.15) is 18.5 Å². The quantitative estimate of drug-likeness (QED) is 0.889. The van der Waals surface area contributed by atoms with Crippen molar-refractivity contribution in [1.82, 2.24) is 4.98 Å². The summed E-state index contributed by atoms with van der Waals surface area (Å²) in [5.74, 6) is 0.519. The number of fused-ring (bicyclic) bond motifs is 2. The molecule has 21 heavy (non-hydrogen) atoms. The van der Waals surface area contributed by atoms with Gasteiger partial charge in [-0.05, 0) is 31.9 Å². The second kappa shape index (κ2) is 4.97. The summed E-state index contributed by atoms with van der Waals surface area (Å²) in [5.41, 5.74) is 9.51. The Morgan fingerprint density at radius 2 is 2.19 bits per heavy atom. The number of hydrogen-bond acceptors (Lipinski definition) is 4. The van der Waals surface area contributed by atoms with E-state index in [1.165, 1.54) is 6.42 Å². The lowest BCUT2D eigenvalue weighted by Crippen LogP contribution is -2.69. The molecule has 4 rings (SSSR count). The number of pyridine rings is 1. The lowest BCUT2D eigenvalue weighted by atomic mass is 9.68. The van der Waals surface area contributed by atoms with Crippen LogP contribution in [0, 0.1) is 12.8 Å². The van der Waals surface area contributed by atoms with Crippen LogP contribution in [0.5, 0.6) is 0 Å². The van der Waals surface area contributed by atoms with Crippen molar-refractivity contribution in [2.45, 2.75) is 38.0 Å². The van der Waals surface area contributed by atoms with Crippen molar-refractivity contribution in [3.63, 3.8) is 0 Å². The second-order valence-electron chi connectivity index (χ2n) is 6.22. The predicted octanol–water partition coefficient (Wildman–Crippen LogP) is 2.46. The molecule has 2 heterocycles. The highest BCUT2D eigenvalue weighted by atomic mass is 16.5. The molecule has 1 saturated carbocycles. The Hall–Kier alpha value is -1.65. The third-order valence-electron chi connectivity index (χ3n) is 4.84. The topological polar surface area (TPSA) is 60.2 Å². The van der Waals surface area contributed by atoms with E-state index in [1.807, 2.05) is 25.1 Å². The fourth-order valence-corrected chi connectivity index (χ4v) is 3.73. The van der Waals surface area contributed by atoms with Crippen LogP contribution in [0.15, 0.2) is 30.3 Å². The molecule has 110 valence electrons. The molecule has 0 spiro atoms. The summed E-state index contributed by atoms with van der Waals surface area (Å²) in [5, 5.41) is 4.77. The first-order valence-corrected chi connectivity index (χ1v) is 7.74. The van der Waals surface area contributed by atoms with Crippen LogP contribution >= 0.6 is 0 Å². The molecule has 1 aliphatic heterocycles. The van der Waals surface area contributed by atoms with E-state index in [-0.39, 0.29) is 18.2 Å². The van der Waals surface area contributed by atoms with E-state index in [9.17, 15) is 0 Å².